The predicted octanol–water partition coefficient (Wildman–Crippen LogP) is 5.50. The minimum absolute atomic E-state index is 0.196. The van der Waals surface area contributed by atoms with E-state index in [2.05, 4.69) is 5.10 Å². The lowest BCUT2D eigenvalue weighted by atomic mass is 10.1. The summed E-state index contributed by atoms with van der Waals surface area (Å²) < 4.78 is 21.1. The van der Waals surface area contributed by atoms with Crippen LogP contribution in [-0.2, 0) is 17.8 Å². The van der Waals surface area contributed by atoms with Gasteiger partial charge in [0.15, 0.2) is 24.2 Å². The average molecular weight is 548 g/mol. The number of ketones is 1. The fourth-order valence-electron chi connectivity index (χ4n) is 4.94. The van der Waals surface area contributed by atoms with E-state index in [0.717, 1.165) is 22.7 Å². The fourth-order valence-corrected chi connectivity index (χ4v) is 5.13. The van der Waals surface area contributed by atoms with Crippen molar-refractivity contribution in [1.29, 1.82) is 0 Å². The van der Waals surface area contributed by atoms with E-state index in [1.54, 1.807) is 18.5 Å². The van der Waals surface area contributed by atoms with Crippen molar-refractivity contribution in [2.24, 2.45) is 0 Å². The topological polar surface area (TPSA) is 84.6 Å². The number of ether oxygens (including phenoxy) is 3. The number of nitrogens with zero attached hydrogens (tertiary/aromatic N) is 3. The molecule has 9 heteroatoms. The summed E-state index contributed by atoms with van der Waals surface area (Å²) in [7, 11) is 0. The van der Waals surface area contributed by atoms with Crippen LogP contribution in [0.1, 0.15) is 49.1 Å². The zero-order valence-electron chi connectivity index (χ0n) is 22.4. The molecule has 0 fully saturated rings. The maximum Gasteiger partial charge on any atom is 0.342 e. The van der Waals surface area contributed by atoms with Crippen molar-refractivity contribution >= 4 is 23.4 Å². The fraction of sp³-hybridized carbons (Fsp3) is 0.300. The van der Waals surface area contributed by atoms with E-state index in [4.69, 9.17) is 25.8 Å². The van der Waals surface area contributed by atoms with Gasteiger partial charge in [0, 0.05) is 22.0 Å². The Hall–Kier alpha value is -4.04. The van der Waals surface area contributed by atoms with Crippen LogP contribution in [0.5, 0.6) is 11.5 Å². The Bertz CT molecular complexity index is 1550. The van der Waals surface area contributed by atoms with Gasteiger partial charge in [0.2, 0.25) is 5.78 Å². The minimum Gasteiger partial charge on any atom is -0.486 e. The molecule has 0 bridgehead atoms. The van der Waals surface area contributed by atoms with Crippen molar-refractivity contribution in [1.82, 2.24) is 14.3 Å². The Labute approximate surface area is 232 Å². The number of carbonyl (C=O) groups is 2. The normalized spacial score (nSPS) is 14.3. The molecule has 0 amide bonds. The average Bonchev–Trinajstić information content (AvgIpc) is 3.37. The molecule has 1 atom stereocenters. The largest absolute Gasteiger partial charge is 0.486 e. The summed E-state index contributed by atoms with van der Waals surface area (Å²) in [6.45, 7) is 8.37. The first-order chi connectivity index (χ1) is 18.7. The summed E-state index contributed by atoms with van der Waals surface area (Å²) in [6.07, 6.45) is -0.196. The first-order valence-corrected chi connectivity index (χ1v) is 13.1. The lowest BCUT2D eigenvalue weighted by Crippen LogP contribution is -2.33. The summed E-state index contributed by atoms with van der Waals surface area (Å²) in [5.41, 5.74) is 4.65. The van der Waals surface area contributed by atoms with E-state index in [1.165, 1.54) is 0 Å². The molecule has 1 aliphatic heterocycles. The molecule has 1 aliphatic rings. The minimum atomic E-state index is -0.580. The highest BCUT2D eigenvalue weighted by atomic mass is 35.5. The number of rotatable bonds is 8. The first kappa shape index (κ1) is 26.6. The van der Waals surface area contributed by atoms with Crippen LogP contribution in [0.25, 0.3) is 0 Å². The van der Waals surface area contributed by atoms with E-state index < -0.39 is 5.97 Å². The van der Waals surface area contributed by atoms with Crippen LogP contribution in [0, 0.1) is 27.7 Å². The number of halogens is 1. The van der Waals surface area contributed by atoms with Crippen molar-refractivity contribution in [3.63, 3.8) is 0 Å². The highest BCUT2D eigenvalue weighted by Crippen LogP contribution is 2.31. The molecule has 8 nitrogen and oxygen atoms in total. The van der Waals surface area contributed by atoms with Crippen LogP contribution in [0.15, 0.2) is 54.6 Å². The SMILES string of the molecule is Cc1nn(Cc2ccccc2Cl)c(C)c1C(=O)OCC(=O)c1cc(C)n(CC2COc3ccccc3O2)c1C. The van der Waals surface area contributed by atoms with Gasteiger partial charge in [0.25, 0.3) is 0 Å². The van der Waals surface area contributed by atoms with Gasteiger partial charge in [-0.05, 0) is 57.5 Å². The third-order valence-corrected chi connectivity index (χ3v) is 7.39. The van der Waals surface area contributed by atoms with Crippen molar-refractivity contribution in [2.75, 3.05) is 13.2 Å². The number of hydrogen-bond acceptors (Lipinski definition) is 6. The number of Topliss-reactive ketones (excluding diaryl/α,β-unsaturated/α-hetero) is 1. The first-order valence-electron chi connectivity index (χ1n) is 12.8. The molecule has 202 valence electrons. The van der Waals surface area contributed by atoms with E-state index in [9.17, 15) is 9.59 Å². The number of aromatic nitrogens is 3. The standard InChI is InChI=1S/C30H30ClN3O5/c1-18-13-24(20(3)33(18)15-23-16-37-27-11-7-8-12-28(27)39-23)26(35)17-38-30(36)29-19(2)32-34(21(29)4)14-22-9-5-6-10-25(22)31/h5-13,23H,14-17H2,1-4H3. The lowest BCUT2D eigenvalue weighted by Gasteiger charge is -2.27. The number of carbonyl (C=O) groups excluding carboxylic acids is 2. The highest BCUT2D eigenvalue weighted by Gasteiger charge is 2.25. The third kappa shape index (κ3) is 5.43. The van der Waals surface area contributed by atoms with Crippen molar-refractivity contribution in [2.45, 2.75) is 46.9 Å². The molecule has 1 unspecified atom stereocenters. The van der Waals surface area contributed by atoms with E-state index in [-0.39, 0.29) is 18.5 Å². The predicted molar refractivity (Wildman–Crippen MR) is 147 cm³/mol. The zero-order valence-corrected chi connectivity index (χ0v) is 23.1. The molecular weight excluding hydrogens is 518 g/mol. The maximum absolute atomic E-state index is 13.1. The van der Waals surface area contributed by atoms with Gasteiger partial charge in [-0.3, -0.25) is 9.48 Å². The molecule has 4 aromatic rings. The molecule has 2 aromatic carbocycles. The monoisotopic (exact) mass is 547 g/mol. The van der Waals surface area contributed by atoms with Crippen molar-refractivity contribution < 1.29 is 23.8 Å². The zero-order chi connectivity index (χ0) is 27.7. The number of aryl methyl sites for hydroxylation is 2. The summed E-state index contributed by atoms with van der Waals surface area (Å²) in [4.78, 5) is 26.1. The van der Waals surface area contributed by atoms with Crippen LogP contribution in [0.2, 0.25) is 5.02 Å². The summed E-state index contributed by atoms with van der Waals surface area (Å²) in [6, 6.07) is 16.9. The third-order valence-electron chi connectivity index (χ3n) is 7.03. The molecule has 0 N–H and O–H groups in total. The summed E-state index contributed by atoms with van der Waals surface area (Å²) in [5, 5.41) is 5.13. The van der Waals surface area contributed by atoms with Gasteiger partial charge in [-0.1, -0.05) is 41.9 Å². The number of esters is 1. The maximum atomic E-state index is 13.1. The van der Waals surface area contributed by atoms with Crippen LogP contribution in [-0.4, -0.2) is 45.4 Å². The van der Waals surface area contributed by atoms with E-state index in [1.807, 2.05) is 73.0 Å². The van der Waals surface area contributed by atoms with Gasteiger partial charge >= 0.3 is 5.97 Å². The molecule has 39 heavy (non-hydrogen) atoms. The Kier molecular flexibility index (Phi) is 7.48. The van der Waals surface area contributed by atoms with Crippen molar-refractivity contribution in [3.8, 4) is 11.5 Å². The van der Waals surface area contributed by atoms with Gasteiger partial charge in [0.1, 0.15) is 12.2 Å². The second-order valence-corrected chi connectivity index (χ2v) is 10.1. The number of fused-ring (bicyclic) bond motifs is 1. The number of para-hydroxylation sites is 2. The molecule has 0 aliphatic carbocycles. The molecule has 0 saturated heterocycles. The van der Waals surface area contributed by atoms with Gasteiger partial charge in [-0.15, -0.1) is 0 Å². The second-order valence-electron chi connectivity index (χ2n) is 9.69. The Morgan fingerprint density at radius 2 is 1.74 bits per heavy atom. The van der Waals surface area contributed by atoms with E-state index >= 15 is 0 Å². The molecule has 0 radical (unpaired) electrons. The van der Waals surface area contributed by atoms with Crippen molar-refractivity contribution in [3.05, 3.63) is 99.1 Å². The van der Waals surface area contributed by atoms with Gasteiger partial charge in [-0.2, -0.15) is 5.10 Å². The smallest absolute Gasteiger partial charge is 0.342 e. The van der Waals surface area contributed by atoms with Gasteiger partial charge < -0.3 is 18.8 Å². The van der Waals surface area contributed by atoms with E-state index in [0.29, 0.717) is 53.0 Å². The number of benzene rings is 2. The summed E-state index contributed by atoms with van der Waals surface area (Å²) in [5.74, 6) is 0.587. The van der Waals surface area contributed by atoms with Crippen LogP contribution >= 0.6 is 11.6 Å². The number of hydrogen-bond donors (Lipinski definition) is 0. The molecule has 3 heterocycles. The molecule has 0 spiro atoms. The Balaban J connectivity index is 1.24. The molecule has 0 saturated carbocycles. The van der Waals surface area contributed by atoms with Gasteiger partial charge in [-0.25, -0.2) is 4.79 Å². The van der Waals surface area contributed by atoms with Gasteiger partial charge in [0.05, 0.1) is 24.5 Å². The van der Waals surface area contributed by atoms with Crippen LogP contribution < -0.4 is 9.47 Å². The molecule has 5 rings (SSSR count). The summed E-state index contributed by atoms with van der Waals surface area (Å²) >= 11 is 6.29. The molecule has 2 aromatic heterocycles. The molecular formula is C30H30ClN3O5. The quantitative estimate of drug-likeness (QED) is 0.214. The Morgan fingerprint density at radius 3 is 2.51 bits per heavy atom. The lowest BCUT2D eigenvalue weighted by molar-refractivity contribution is 0.0472. The Morgan fingerprint density at radius 1 is 1.03 bits per heavy atom. The van der Waals surface area contributed by atoms with Crippen LogP contribution in [0.3, 0.4) is 0 Å². The highest BCUT2D eigenvalue weighted by molar-refractivity contribution is 6.31. The second kappa shape index (κ2) is 11.0. The van der Waals surface area contributed by atoms with Crippen LogP contribution in [0.4, 0.5) is 0 Å².